The molecule has 0 unspecified atom stereocenters. The van der Waals surface area contributed by atoms with E-state index in [0.29, 0.717) is 31.7 Å². The number of H-pyrrole nitrogens is 1. The number of nitrogens with one attached hydrogen (secondary N) is 1. The topological polar surface area (TPSA) is 82.2 Å². The van der Waals surface area contributed by atoms with E-state index in [9.17, 15) is 9.59 Å². The molecule has 1 saturated carbocycles. The van der Waals surface area contributed by atoms with Crippen molar-refractivity contribution in [3.8, 4) is 0 Å². The molecular weight excluding hydrogens is 330 g/mol. The van der Waals surface area contributed by atoms with Crippen LogP contribution in [-0.4, -0.2) is 57.7 Å². The molecule has 0 aromatic carbocycles. The third-order valence-corrected chi connectivity index (χ3v) is 5.99. The lowest BCUT2D eigenvalue weighted by molar-refractivity contribution is -0.137. The number of carbonyl (C=O) groups excluding carboxylic acids is 2. The summed E-state index contributed by atoms with van der Waals surface area (Å²) in [6, 6.07) is 2.18. The fourth-order valence-corrected chi connectivity index (χ4v) is 4.33. The Bertz CT molecular complexity index is 832. The molecule has 2 aliphatic rings. The van der Waals surface area contributed by atoms with Crippen LogP contribution >= 0.6 is 0 Å². The van der Waals surface area contributed by atoms with Gasteiger partial charge in [0, 0.05) is 45.1 Å². The largest absolute Gasteiger partial charge is 0.354 e. The molecule has 7 nitrogen and oxygen atoms in total. The first-order chi connectivity index (χ1) is 12.5. The van der Waals surface area contributed by atoms with Gasteiger partial charge in [-0.3, -0.25) is 9.59 Å². The zero-order valence-corrected chi connectivity index (χ0v) is 15.3. The van der Waals surface area contributed by atoms with Gasteiger partial charge in [0.05, 0.1) is 11.4 Å². The second kappa shape index (κ2) is 6.70. The number of nitrogens with zero attached hydrogens (tertiary/aromatic N) is 4. The minimum atomic E-state index is -0.114. The van der Waals surface area contributed by atoms with Gasteiger partial charge in [-0.1, -0.05) is 6.92 Å². The van der Waals surface area contributed by atoms with Crippen LogP contribution in [0.1, 0.15) is 32.6 Å². The summed E-state index contributed by atoms with van der Waals surface area (Å²) in [4.78, 5) is 40.4. The Labute approximate surface area is 152 Å². The van der Waals surface area contributed by atoms with Crippen molar-refractivity contribution in [3.63, 3.8) is 0 Å². The molecule has 26 heavy (non-hydrogen) atoms. The highest BCUT2D eigenvalue weighted by molar-refractivity contribution is 5.90. The fraction of sp³-hybridized carbons (Fsp3) is 0.579. The molecule has 1 amide bonds. The Balaban J connectivity index is 1.54. The summed E-state index contributed by atoms with van der Waals surface area (Å²) in [5.74, 6) is 1.60. The number of fused-ring (bicyclic) bond motifs is 1. The van der Waals surface area contributed by atoms with Crippen LogP contribution < -0.4 is 4.90 Å². The van der Waals surface area contributed by atoms with Gasteiger partial charge in [-0.25, -0.2) is 9.97 Å². The molecule has 1 aliphatic heterocycles. The van der Waals surface area contributed by atoms with Crippen LogP contribution in [0, 0.1) is 11.8 Å². The van der Waals surface area contributed by atoms with Crippen molar-refractivity contribution in [2.24, 2.45) is 11.8 Å². The molecule has 0 radical (unpaired) electrons. The van der Waals surface area contributed by atoms with Gasteiger partial charge in [-0.05, 0) is 24.8 Å². The monoisotopic (exact) mass is 355 g/mol. The highest BCUT2D eigenvalue weighted by atomic mass is 16.2. The Hall–Kier alpha value is -2.44. The highest BCUT2D eigenvalue weighted by Crippen LogP contribution is 2.31. The number of carbonyl (C=O) groups is 2. The van der Waals surface area contributed by atoms with Gasteiger partial charge >= 0.3 is 0 Å². The molecule has 4 rings (SSSR count). The number of amides is 1. The van der Waals surface area contributed by atoms with E-state index < -0.39 is 0 Å². The van der Waals surface area contributed by atoms with Gasteiger partial charge in [-0.15, -0.1) is 0 Å². The van der Waals surface area contributed by atoms with Gasteiger partial charge in [0.25, 0.3) is 0 Å². The van der Waals surface area contributed by atoms with Crippen molar-refractivity contribution in [2.75, 3.05) is 25.0 Å². The number of anilines is 1. The summed E-state index contributed by atoms with van der Waals surface area (Å²) >= 11 is 0. The van der Waals surface area contributed by atoms with E-state index in [-0.39, 0.29) is 23.7 Å². The summed E-state index contributed by atoms with van der Waals surface area (Å²) in [6.45, 7) is 3.69. The Morgan fingerprint density at radius 2 is 2.19 bits per heavy atom. The summed E-state index contributed by atoms with van der Waals surface area (Å²) < 4.78 is 0. The van der Waals surface area contributed by atoms with Crippen LogP contribution in [0.4, 0.5) is 5.82 Å². The third-order valence-electron chi connectivity index (χ3n) is 5.99. The van der Waals surface area contributed by atoms with Crippen LogP contribution in [0.2, 0.25) is 0 Å². The SMILES string of the molecule is C[C@@H]1CCN(C(=O)[C@@H]2CCC(=O)C2)C[C@@H]1N(C)c1ncnc2[nH]ccc12. The molecule has 2 aromatic rings. The lowest BCUT2D eigenvalue weighted by Gasteiger charge is -2.42. The van der Waals surface area contributed by atoms with Crippen LogP contribution in [0.15, 0.2) is 18.6 Å². The molecule has 2 aromatic heterocycles. The van der Waals surface area contributed by atoms with Gasteiger partial charge < -0.3 is 14.8 Å². The smallest absolute Gasteiger partial charge is 0.226 e. The van der Waals surface area contributed by atoms with Crippen LogP contribution in [0.25, 0.3) is 11.0 Å². The molecular formula is C19H25N5O2. The first kappa shape index (κ1) is 17.0. The molecule has 2 fully saturated rings. The van der Waals surface area contributed by atoms with Gasteiger partial charge in [0.2, 0.25) is 5.91 Å². The van der Waals surface area contributed by atoms with E-state index in [1.54, 1.807) is 6.33 Å². The van der Waals surface area contributed by atoms with Crippen molar-refractivity contribution < 1.29 is 9.59 Å². The molecule has 1 aliphatic carbocycles. The van der Waals surface area contributed by atoms with E-state index in [4.69, 9.17) is 0 Å². The summed E-state index contributed by atoms with van der Waals surface area (Å²) in [6.07, 6.45) is 6.08. The molecule has 1 saturated heterocycles. The van der Waals surface area contributed by atoms with Gasteiger partial charge in [0.1, 0.15) is 23.6 Å². The molecule has 7 heteroatoms. The normalized spacial score (nSPS) is 26.5. The van der Waals surface area contributed by atoms with Crippen molar-refractivity contribution in [2.45, 2.75) is 38.6 Å². The number of aromatic amines is 1. The number of piperidine rings is 1. The fourth-order valence-electron chi connectivity index (χ4n) is 4.33. The maximum absolute atomic E-state index is 12.9. The number of likely N-dealkylation sites (N-methyl/N-ethyl adjacent to an activating group) is 1. The Morgan fingerprint density at radius 3 is 2.96 bits per heavy atom. The average molecular weight is 355 g/mol. The lowest BCUT2D eigenvalue weighted by Crippen LogP contribution is -2.53. The summed E-state index contributed by atoms with van der Waals surface area (Å²) in [5, 5.41) is 0.993. The van der Waals surface area contributed by atoms with E-state index in [2.05, 4.69) is 26.8 Å². The number of aromatic nitrogens is 3. The van der Waals surface area contributed by atoms with Gasteiger partial charge in [-0.2, -0.15) is 0 Å². The second-order valence-corrected chi connectivity index (χ2v) is 7.64. The van der Waals surface area contributed by atoms with Crippen molar-refractivity contribution in [3.05, 3.63) is 18.6 Å². The van der Waals surface area contributed by atoms with E-state index >= 15 is 0 Å². The predicted molar refractivity (Wildman–Crippen MR) is 98.8 cm³/mol. The maximum atomic E-state index is 12.9. The Morgan fingerprint density at radius 1 is 1.35 bits per heavy atom. The average Bonchev–Trinajstić information content (AvgIpc) is 3.29. The third kappa shape index (κ3) is 2.95. The summed E-state index contributed by atoms with van der Waals surface area (Å²) in [7, 11) is 2.04. The number of hydrogen-bond acceptors (Lipinski definition) is 5. The number of Topliss-reactive ketones (excluding diaryl/α,β-unsaturated/α-hetero) is 1. The van der Waals surface area contributed by atoms with E-state index in [1.165, 1.54) is 0 Å². The molecule has 0 spiro atoms. The predicted octanol–water partition coefficient (Wildman–Crippen LogP) is 2.00. The van der Waals surface area contributed by atoms with Crippen molar-refractivity contribution >= 4 is 28.5 Å². The minimum absolute atomic E-state index is 0.114. The number of likely N-dealkylation sites (tertiary alicyclic amines) is 1. The standard InChI is InChI=1S/C19H25N5O2/c1-12-6-8-24(19(26)13-3-4-14(25)9-13)10-16(12)23(2)18-15-5-7-20-17(15)21-11-22-18/h5,7,11-13,16H,3-4,6,8-10H2,1-2H3,(H,20,21,22)/t12-,13-,16+/m1/s1. The molecule has 3 atom stereocenters. The molecule has 0 bridgehead atoms. The van der Waals surface area contributed by atoms with Crippen molar-refractivity contribution in [1.29, 1.82) is 0 Å². The minimum Gasteiger partial charge on any atom is -0.354 e. The van der Waals surface area contributed by atoms with Crippen LogP contribution in [0.5, 0.6) is 0 Å². The van der Waals surface area contributed by atoms with Crippen molar-refractivity contribution in [1.82, 2.24) is 19.9 Å². The summed E-state index contributed by atoms with van der Waals surface area (Å²) in [5.41, 5.74) is 0.822. The number of ketones is 1. The second-order valence-electron chi connectivity index (χ2n) is 7.64. The van der Waals surface area contributed by atoms with Crippen LogP contribution in [-0.2, 0) is 9.59 Å². The molecule has 138 valence electrons. The molecule has 3 heterocycles. The number of hydrogen-bond donors (Lipinski definition) is 1. The lowest BCUT2D eigenvalue weighted by atomic mass is 9.91. The zero-order chi connectivity index (χ0) is 18.3. The molecule has 1 N–H and O–H groups in total. The number of rotatable bonds is 3. The van der Waals surface area contributed by atoms with Crippen LogP contribution in [0.3, 0.4) is 0 Å². The van der Waals surface area contributed by atoms with E-state index in [1.807, 2.05) is 24.2 Å². The first-order valence-corrected chi connectivity index (χ1v) is 9.36. The van der Waals surface area contributed by atoms with E-state index in [0.717, 1.165) is 29.8 Å². The zero-order valence-electron chi connectivity index (χ0n) is 15.3. The highest BCUT2D eigenvalue weighted by Gasteiger charge is 2.37. The van der Waals surface area contributed by atoms with Gasteiger partial charge in [0.15, 0.2) is 0 Å². The first-order valence-electron chi connectivity index (χ1n) is 9.36. The maximum Gasteiger partial charge on any atom is 0.226 e. The Kier molecular flexibility index (Phi) is 4.38. The quantitative estimate of drug-likeness (QED) is 0.911.